The average molecular weight is 384 g/mol. The third-order valence-corrected chi connectivity index (χ3v) is 6.03. The lowest BCUT2D eigenvalue weighted by atomic mass is 10.2. The molecule has 0 saturated heterocycles. The second kappa shape index (κ2) is 7.15. The van der Waals surface area contributed by atoms with Gasteiger partial charge < -0.3 is 9.47 Å². The highest BCUT2D eigenvalue weighted by Gasteiger charge is 2.23. The van der Waals surface area contributed by atoms with Crippen LogP contribution >= 0.6 is 11.3 Å². The first-order valence-corrected chi connectivity index (χ1v) is 9.79. The topological polar surface area (TPSA) is 70.4 Å². The molecule has 0 fully saturated rings. The minimum absolute atomic E-state index is 0.0471. The van der Waals surface area contributed by atoms with Gasteiger partial charge in [-0.25, -0.2) is 9.78 Å². The maximum absolute atomic E-state index is 13.0. The van der Waals surface area contributed by atoms with E-state index >= 15 is 0 Å². The van der Waals surface area contributed by atoms with Crippen molar-refractivity contribution in [2.45, 2.75) is 39.2 Å². The molecule has 2 aromatic heterocycles. The number of aryl methyl sites for hydroxylation is 2. The third kappa shape index (κ3) is 3.23. The highest BCUT2D eigenvalue weighted by molar-refractivity contribution is 7.20. The minimum Gasteiger partial charge on any atom is -0.497 e. The normalized spacial score (nSPS) is 13.9. The highest BCUT2D eigenvalue weighted by atomic mass is 32.1. The van der Waals surface area contributed by atoms with Gasteiger partial charge in [0, 0.05) is 13.0 Å². The van der Waals surface area contributed by atoms with Crippen molar-refractivity contribution in [2.75, 3.05) is 7.11 Å². The summed E-state index contributed by atoms with van der Waals surface area (Å²) in [7, 11) is 1.58. The molecule has 6 nitrogen and oxygen atoms in total. The number of aromatic nitrogens is 2. The monoisotopic (exact) mass is 384 g/mol. The molecule has 3 aromatic rings. The number of fused-ring (bicyclic) bond motifs is 2. The Hall–Kier alpha value is -2.67. The second-order valence-corrected chi connectivity index (χ2v) is 7.60. The summed E-state index contributed by atoms with van der Waals surface area (Å²) in [6, 6.07) is 6.81. The Bertz CT molecular complexity index is 1070. The first-order valence-electron chi connectivity index (χ1n) is 8.97. The molecule has 140 valence electrons. The Morgan fingerprint density at radius 3 is 2.63 bits per heavy atom. The average Bonchev–Trinajstić information content (AvgIpc) is 2.84. The molecule has 4 rings (SSSR count). The lowest BCUT2D eigenvalue weighted by molar-refractivity contribution is 0.0739. The standard InChI is InChI=1S/C20H20N2O4S/c1-12-16-18(21-15-6-4-3-5-11-22(15)19(16)23)27-17(12)20(24)26-14-9-7-13(25-2)8-10-14/h7-10H,3-6,11H2,1-2H3. The number of nitrogens with zero attached hydrogens (tertiary/aromatic N) is 2. The molecule has 0 atom stereocenters. The van der Waals surface area contributed by atoms with Gasteiger partial charge in [-0.05, 0) is 49.6 Å². The van der Waals surface area contributed by atoms with Crippen LogP contribution in [0.25, 0.3) is 10.2 Å². The maximum atomic E-state index is 13.0. The van der Waals surface area contributed by atoms with Crippen molar-refractivity contribution in [1.29, 1.82) is 0 Å². The first kappa shape index (κ1) is 17.7. The molecule has 0 unspecified atom stereocenters. The summed E-state index contributed by atoms with van der Waals surface area (Å²) in [6.45, 7) is 2.48. The molecule has 0 aliphatic carbocycles. The SMILES string of the molecule is COc1ccc(OC(=O)c2sc3nc4n(c(=O)c3c2C)CCCCC4)cc1. The second-order valence-electron chi connectivity index (χ2n) is 6.60. The van der Waals surface area contributed by atoms with Gasteiger partial charge in [0.05, 0.1) is 12.5 Å². The molecule has 3 heterocycles. The summed E-state index contributed by atoms with van der Waals surface area (Å²) < 4.78 is 12.4. The summed E-state index contributed by atoms with van der Waals surface area (Å²) in [4.78, 5) is 31.4. The lowest BCUT2D eigenvalue weighted by Crippen LogP contribution is -2.24. The van der Waals surface area contributed by atoms with Crippen molar-refractivity contribution in [3.63, 3.8) is 0 Å². The Labute approximate surface area is 160 Å². The largest absolute Gasteiger partial charge is 0.497 e. The van der Waals surface area contributed by atoms with Crippen LogP contribution in [-0.2, 0) is 13.0 Å². The zero-order valence-corrected chi connectivity index (χ0v) is 16.1. The Balaban J connectivity index is 1.71. The van der Waals surface area contributed by atoms with Gasteiger partial charge in [0.15, 0.2) is 0 Å². The first-order chi connectivity index (χ1) is 13.1. The molecule has 0 amide bonds. The van der Waals surface area contributed by atoms with E-state index in [9.17, 15) is 9.59 Å². The van der Waals surface area contributed by atoms with Crippen LogP contribution in [0.15, 0.2) is 29.1 Å². The predicted molar refractivity (Wildman–Crippen MR) is 104 cm³/mol. The summed E-state index contributed by atoms with van der Waals surface area (Å²) in [6.07, 6.45) is 3.92. The number of hydrogen-bond donors (Lipinski definition) is 0. The number of esters is 1. The molecule has 0 N–H and O–H groups in total. The van der Waals surface area contributed by atoms with E-state index in [4.69, 9.17) is 9.47 Å². The predicted octanol–water partition coefficient (Wildman–Crippen LogP) is 3.72. The van der Waals surface area contributed by atoms with Crippen LogP contribution in [0.4, 0.5) is 0 Å². The molecule has 0 bridgehead atoms. The number of thiophene rings is 1. The van der Waals surface area contributed by atoms with Crippen molar-refractivity contribution in [1.82, 2.24) is 9.55 Å². The molecule has 27 heavy (non-hydrogen) atoms. The number of rotatable bonds is 3. The van der Waals surface area contributed by atoms with Crippen LogP contribution in [0.2, 0.25) is 0 Å². The highest BCUT2D eigenvalue weighted by Crippen LogP contribution is 2.29. The Kier molecular flexibility index (Phi) is 4.70. The zero-order chi connectivity index (χ0) is 19.0. The van der Waals surface area contributed by atoms with Crippen molar-refractivity contribution >= 4 is 27.5 Å². The number of carbonyl (C=O) groups excluding carboxylic acids is 1. The number of methoxy groups -OCH3 is 1. The summed E-state index contributed by atoms with van der Waals surface area (Å²) >= 11 is 1.23. The molecular weight excluding hydrogens is 364 g/mol. The van der Waals surface area contributed by atoms with Gasteiger partial charge >= 0.3 is 5.97 Å². The smallest absolute Gasteiger partial charge is 0.354 e. The molecule has 7 heteroatoms. The fourth-order valence-electron chi connectivity index (χ4n) is 3.40. The summed E-state index contributed by atoms with van der Waals surface area (Å²) in [5.41, 5.74) is 0.597. The van der Waals surface area contributed by atoms with Crippen molar-refractivity contribution in [3.8, 4) is 11.5 Å². The lowest BCUT2D eigenvalue weighted by Gasteiger charge is -2.08. The van der Waals surface area contributed by atoms with E-state index in [0.717, 1.165) is 31.5 Å². The van der Waals surface area contributed by atoms with Gasteiger partial charge in [-0.3, -0.25) is 9.36 Å². The molecular formula is C20H20N2O4S. The molecule has 1 aromatic carbocycles. The van der Waals surface area contributed by atoms with Crippen LogP contribution in [0, 0.1) is 6.92 Å². The van der Waals surface area contributed by atoms with E-state index in [2.05, 4.69) is 4.98 Å². The van der Waals surface area contributed by atoms with E-state index < -0.39 is 5.97 Å². The van der Waals surface area contributed by atoms with Gasteiger partial charge in [-0.15, -0.1) is 11.3 Å². The van der Waals surface area contributed by atoms with E-state index in [1.807, 2.05) is 0 Å². The van der Waals surface area contributed by atoms with E-state index in [1.54, 1.807) is 42.9 Å². The maximum Gasteiger partial charge on any atom is 0.354 e. The van der Waals surface area contributed by atoms with Crippen LogP contribution in [-0.4, -0.2) is 22.6 Å². The van der Waals surface area contributed by atoms with Crippen LogP contribution < -0.4 is 15.0 Å². The Morgan fingerprint density at radius 2 is 1.89 bits per heavy atom. The quantitative estimate of drug-likeness (QED) is 0.508. The van der Waals surface area contributed by atoms with Gasteiger partial charge in [0.25, 0.3) is 5.56 Å². The summed E-state index contributed by atoms with van der Waals surface area (Å²) in [5.74, 6) is 1.46. The van der Waals surface area contributed by atoms with Crippen LogP contribution in [0.1, 0.15) is 40.3 Å². The van der Waals surface area contributed by atoms with Gasteiger partial charge in [0.2, 0.25) is 0 Å². The minimum atomic E-state index is -0.472. The van der Waals surface area contributed by atoms with Crippen molar-refractivity contribution in [2.24, 2.45) is 0 Å². The van der Waals surface area contributed by atoms with Gasteiger partial charge in [0.1, 0.15) is 27.0 Å². The number of benzene rings is 1. The van der Waals surface area contributed by atoms with Crippen molar-refractivity contribution in [3.05, 3.63) is 50.9 Å². The Morgan fingerprint density at radius 1 is 1.15 bits per heavy atom. The molecule has 0 radical (unpaired) electrons. The number of carbonyl (C=O) groups is 1. The molecule has 1 aliphatic rings. The molecule has 0 saturated carbocycles. The van der Waals surface area contributed by atoms with Gasteiger partial charge in [-0.2, -0.15) is 0 Å². The van der Waals surface area contributed by atoms with Gasteiger partial charge in [-0.1, -0.05) is 6.42 Å². The molecule has 0 spiro atoms. The fraction of sp³-hybridized carbons (Fsp3) is 0.350. The molecule has 1 aliphatic heterocycles. The fourth-order valence-corrected chi connectivity index (χ4v) is 4.47. The van der Waals surface area contributed by atoms with E-state index in [1.165, 1.54) is 11.3 Å². The zero-order valence-electron chi connectivity index (χ0n) is 15.3. The van der Waals surface area contributed by atoms with E-state index in [0.29, 0.717) is 38.7 Å². The van der Waals surface area contributed by atoms with Crippen LogP contribution in [0.3, 0.4) is 0 Å². The number of ether oxygens (including phenoxy) is 2. The van der Waals surface area contributed by atoms with Crippen LogP contribution in [0.5, 0.6) is 11.5 Å². The van der Waals surface area contributed by atoms with Crippen molar-refractivity contribution < 1.29 is 14.3 Å². The number of hydrogen-bond acceptors (Lipinski definition) is 6. The third-order valence-electron chi connectivity index (χ3n) is 4.87. The summed E-state index contributed by atoms with van der Waals surface area (Å²) in [5, 5.41) is 0.535. The van der Waals surface area contributed by atoms with E-state index in [-0.39, 0.29) is 5.56 Å².